The number of ketones is 1. The van der Waals surface area contributed by atoms with Crippen molar-refractivity contribution >= 4 is 23.5 Å². The summed E-state index contributed by atoms with van der Waals surface area (Å²) in [6, 6.07) is 11.6. The van der Waals surface area contributed by atoms with Crippen LogP contribution >= 0.6 is 11.8 Å². The van der Waals surface area contributed by atoms with Crippen LogP contribution in [0.1, 0.15) is 44.8 Å². The van der Waals surface area contributed by atoms with Gasteiger partial charge in [-0.1, -0.05) is 30.0 Å². The van der Waals surface area contributed by atoms with Gasteiger partial charge in [-0.3, -0.25) is 9.36 Å². The van der Waals surface area contributed by atoms with Gasteiger partial charge in [-0.15, -0.1) is 10.2 Å². The molecule has 0 saturated heterocycles. The lowest BCUT2D eigenvalue weighted by Gasteiger charge is -2.13. The number of carbonyl (C=O) groups excluding carboxylic acids is 2. The molecule has 3 aromatic heterocycles. The third kappa shape index (κ3) is 4.11. The molecule has 0 saturated carbocycles. The number of aromatic amines is 1. The zero-order valence-electron chi connectivity index (χ0n) is 19.0. The maximum Gasteiger partial charge on any atom is 0.339 e. The maximum absolute atomic E-state index is 13.3. The highest BCUT2D eigenvalue weighted by Gasteiger charge is 2.28. The van der Waals surface area contributed by atoms with E-state index in [4.69, 9.17) is 9.15 Å². The van der Waals surface area contributed by atoms with Crippen molar-refractivity contribution in [3.8, 4) is 17.1 Å². The molecule has 4 aromatic rings. The molecule has 0 amide bonds. The number of hydrogen-bond donors (Lipinski definition) is 1. The van der Waals surface area contributed by atoms with Crippen LogP contribution in [0, 0.1) is 20.8 Å². The number of ether oxygens (including phenoxy) is 1. The van der Waals surface area contributed by atoms with Crippen molar-refractivity contribution < 1.29 is 18.7 Å². The lowest BCUT2D eigenvalue weighted by Crippen LogP contribution is -2.16. The number of nitrogens with one attached hydrogen (secondary N) is 1. The van der Waals surface area contributed by atoms with Crippen molar-refractivity contribution in [2.75, 3.05) is 7.11 Å². The molecule has 9 heteroatoms. The van der Waals surface area contributed by atoms with Gasteiger partial charge in [-0.25, -0.2) is 4.79 Å². The van der Waals surface area contributed by atoms with E-state index < -0.39 is 11.2 Å². The first-order chi connectivity index (χ1) is 15.8. The zero-order valence-corrected chi connectivity index (χ0v) is 19.8. The third-order valence-electron chi connectivity index (χ3n) is 5.47. The van der Waals surface area contributed by atoms with Crippen molar-refractivity contribution in [2.45, 2.75) is 38.1 Å². The van der Waals surface area contributed by atoms with Gasteiger partial charge < -0.3 is 14.1 Å². The van der Waals surface area contributed by atoms with Crippen LogP contribution in [0.25, 0.3) is 17.1 Å². The molecule has 1 atom stereocenters. The second-order valence-corrected chi connectivity index (χ2v) is 8.92. The van der Waals surface area contributed by atoms with Gasteiger partial charge in [0.15, 0.2) is 16.8 Å². The molecule has 0 radical (unpaired) electrons. The SMILES string of the molecule is COC(=O)c1c(C)[nH]c(C(=O)C(C)Sc2nnc(-c3ccoc3C)n2-c2ccccc2)c1C. The summed E-state index contributed by atoms with van der Waals surface area (Å²) >= 11 is 1.30. The lowest BCUT2D eigenvalue weighted by atomic mass is 10.1. The van der Waals surface area contributed by atoms with Gasteiger partial charge in [0.1, 0.15) is 5.76 Å². The fraction of sp³-hybridized carbons (Fsp3) is 0.250. The van der Waals surface area contributed by atoms with Crippen molar-refractivity contribution in [3.05, 3.63) is 70.9 Å². The van der Waals surface area contributed by atoms with Crippen LogP contribution in [0.4, 0.5) is 0 Å². The molecule has 1 aromatic carbocycles. The van der Waals surface area contributed by atoms with Crippen LogP contribution in [0.5, 0.6) is 0 Å². The molecule has 0 aliphatic heterocycles. The Morgan fingerprint density at radius 2 is 1.85 bits per heavy atom. The minimum absolute atomic E-state index is 0.139. The maximum atomic E-state index is 13.3. The number of H-pyrrole nitrogens is 1. The first kappa shape index (κ1) is 22.6. The highest BCUT2D eigenvalue weighted by atomic mass is 32.2. The predicted molar refractivity (Wildman–Crippen MR) is 125 cm³/mol. The molecule has 33 heavy (non-hydrogen) atoms. The minimum Gasteiger partial charge on any atom is -0.469 e. The van der Waals surface area contributed by atoms with E-state index >= 15 is 0 Å². The van der Waals surface area contributed by atoms with Gasteiger partial charge in [0.25, 0.3) is 0 Å². The smallest absolute Gasteiger partial charge is 0.339 e. The number of methoxy groups -OCH3 is 1. The molecule has 8 nitrogen and oxygen atoms in total. The van der Waals surface area contributed by atoms with Gasteiger partial charge in [-0.05, 0) is 51.5 Å². The normalized spacial score (nSPS) is 12.0. The topological polar surface area (TPSA) is 103 Å². The molecule has 0 aliphatic rings. The lowest BCUT2D eigenvalue weighted by molar-refractivity contribution is 0.0599. The fourth-order valence-corrected chi connectivity index (χ4v) is 4.69. The largest absolute Gasteiger partial charge is 0.469 e. The summed E-state index contributed by atoms with van der Waals surface area (Å²) in [5.74, 6) is 0.756. The molecule has 0 aliphatic carbocycles. The Kier molecular flexibility index (Phi) is 6.24. The number of thioether (sulfide) groups is 1. The Morgan fingerprint density at radius 1 is 1.12 bits per heavy atom. The van der Waals surface area contributed by atoms with Crippen molar-refractivity contribution in [2.24, 2.45) is 0 Å². The minimum atomic E-state index is -0.489. The number of benzene rings is 1. The molecule has 1 unspecified atom stereocenters. The first-order valence-electron chi connectivity index (χ1n) is 10.4. The number of nitrogens with zero attached hydrogens (tertiary/aromatic N) is 3. The van der Waals surface area contributed by atoms with Crippen molar-refractivity contribution in [1.82, 2.24) is 19.7 Å². The highest BCUT2D eigenvalue weighted by Crippen LogP contribution is 2.33. The van der Waals surface area contributed by atoms with E-state index in [2.05, 4.69) is 15.2 Å². The number of rotatable bonds is 7. The standard InChI is InChI=1S/C24H24N4O4S/c1-13-19(23(30)31-5)14(2)25-20(13)21(29)16(4)33-24-27-26-22(18-11-12-32-15(18)3)28(24)17-9-7-6-8-10-17/h6-12,16,25H,1-5H3. The Hall–Kier alpha value is -3.59. The van der Waals surface area contributed by atoms with E-state index in [1.807, 2.05) is 54.8 Å². The Bertz CT molecular complexity index is 1320. The molecule has 0 bridgehead atoms. The molecule has 1 N–H and O–H groups in total. The number of Topliss-reactive ketones (excluding diaryl/α,β-unsaturated/α-hetero) is 1. The summed E-state index contributed by atoms with van der Waals surface area (Å²) in [7, 11) is 1.32. The summed E-state index contributed by atoms with van der Waals surface area (Å²) in [6.45, 7) is 7.17. The molecule has 3 heterocycles. The third-order valence-corrected chi connectivity index (χ3v) is 6.51. The number of esters is 1. The average molecular weight is 465 g/mol. The van der Waals surface area contributed by atoms with Gasteiger partial charge in [0.05, 0.1) is 35.4 Å². The second-order valence-electron chi connectivity index (χ2n) is 7.61. The predicted octanol–water partition coefficient (Wildman–Crippen LogP) is 4.93. The Labute approximate surface area is 195 Å². The summed E-state index contributed by atoms with van der Waals surface area (Å²) in [6.07, 6.45) is 1.61. The molecular formula is C24H24N4O4S. The molecular weight excluding hydrogens is 440 g/mol. The van der Waals surface area contributed by atoms with Crippen LogP contribution in [-0.4, -0.2) is 43.9 Å². The van der Waals surface area contributed by atoms with E-state index in [9.17, 15) is 9.59 Å². The number of furan rings is 1. The first-order valence-corrected chi connectivity index (χ1v) is 11.2. The monoisotopic (exact) mass is 464 g/mol. The highest BCUT2D eigenvalue weighted by molar-refractivity contribution is 8.00. The Morgan fingerprint density at radius 3 is 2.48 bits per heavy atom. The summed E-state index contributed by atoms with van der Waals surface area (Å²) in [5, 5.41) is 8.88. The van der Waals surface area contributed by atoms with E-state index in [1.54, 1.807) is 20.1 Å². The van der Waals surface area contributed by atoms with E-state index in [1.165, 1.54) is 18.9 Å². The van der Waals surface area contributed by atoms with E-state index in [-0.39, 0.29) is 5.78 Å². The van der Waals surface area contributed by atoms with Crippen molar-refractivity contribution in [1.29, 1.82) is 0 Å². The molecule has 0 fully saturated rings. The van der Waals surface area contributed by atoms with Gasteiger partial charge in [-0.2, -0.15) is 0 Å². The molecule has 0 spiro atoms. The summed E-state index contributed by atoms with van der Waals surface area (Å²) < 4.78 is 12.2. The molecule has 170 valence electrons. The van der Waals surface area contributed by atoms with E-state index in [0.29, 0.717) is 33.5 Å². The second kappa shape index (κ2) is 9.11. The number of carbonyl (C=O) groups is 2. The van der Waals surface area contributed by atoms with Gasteiger partial charge >= 0.3 is 5.97 Å². The fourth-order valence-electron chi connectivity index (χ4n) is 3.77. The number of hydrogen-bond acceptors (Lipinski definition) is 7. The quantitative estimate of drug-likeness (QED) is 0.235. The zero-order chi connectivity index (χ0) is 23.7. The number of aryl methyl sites for hydroxylation is 2. The van der Waals surface area contributed by atoms with Crippen LogP contribution in [0.2, 0.25) is 0 Å². The van der Waals surface area contributed by atoms with Crippen LogP contribution in [-0.2, 0) is 4.74 Å². The average Bonchev–Trinajstić information content (AvgIpc) is 3.50. The summed E-state index contributed by atoms with van der Waals surface area (Å²) in [5.41, 5.74) is 3.67. The van der Waals surface area contributed by atoms with Crippen LogP contribution in [0.3, 0.4) is 0 Å². The summed E-state index contributed by atoms with van der Waals surface area (Å²) in [4.78, 5) is 28.5. The van der Waals surface area contributed by atoms with Crippen LogP contribution in [0.15, 0.2) is 52.2 Å². The molecule has 4 rings (SSSR count). The Balaban J connectivity index is 1.70. The number of aromatic nitrogens is 4. The van der Waals surface area contributed by atoms with Crippen molar-refractivity contribution in [3.63, 3.8) is 0 Å². The number of para-hydroxylation sites is 1. The van der Waals surface area contributed by atoms with Gasteiger partial charge in [0, 0.05) is 11.4 Å². The van der Waals surface area contributed by atoms with Gasteiger partial charge in [0.2, 0.25) is 0 Å². The van der Waals surface area contributed by atoms with Crippen LogP contribution < -0.4 is 0 Å². The van der Waals surface area contributed by atoms with E-state index in [0.717, 1.165) is 17.0 Å².